The summed E-state index contributed by atoms with van der Waals surface area (Å²) in [6.07, 6.45) is 0. The first-order valence-electron chi connectivity index (χ1n) is 6.04. The van der Waals surface area contributed by atoms with E-state index in [1.54, 1.807) is 10.6 Å². The molecule has 0 amide bonds. The number of aromatic nitrogens is 1. The average molecular weight is 242 g/mol. The Morgan fingerprint density at radius 1 is 1.06 bits per heavy atom. The molecular weight excluding hydrogens is 224 g/mol. The monoisotopic (exact) mass is 242 g/mol. The van der Waals surface area contributed by atoms with Crippen LogP contribution in [0.15, 0.2) is 35.1 Å². The second kappa shape index (κ2) is 4.78. The Hall–Kier alpha value is -1.87. The molecule has 0 saturated heterocycles. The summed E-state index contributed by atoms with van der Waals surface area (Å²) in [6.45, 7) is 6.30. The molecule has 2 aromatic rings. The predicted octanol–water partition coefficient (Wildman–Crippen LogP) is 2.22. The van der Waals surface area contributed by atoms with Crippen LogP contribution in [0, 0.1) is 20.8 Å². The summed E-state index contributed by atoms with van der Waals surface area (Å²) >= 11 is 0. The first-order chi connectivity index (χ1) is 8.54. The lowest BCUT2D eigenvalue weighted by Gasteiger charge is -2.13. The number of pyridine rings is 1. The van der Waals surface area contributed by atoms with Crippen molar-refractivity contribution in [3.63, 3.8) is 0 Å². The molecule has 0 fully saturated rings. The summed E-state index contributed by atoms with van der Waals surface area (Å²) in [5, 5.41) is 0. The van der Waals surface area contributed by atoms with Crippen LogP contribution in [-0.4, -0.2) is 4.57 Å². The van der Waals surface area contributed by atoms with Crippen LogP contribution in [0.1, 0.15) is 22.4 Å². The lowest BCUT2D eigenvalue weighted by atomic mass is 10.1. The van der Waals surface area contributed by atoms with Crippen LogP contribution in [0.5, 0.6) is 0 Å². The second-order valence-corrected chi connectivity index (χ2v) is 4.61. The number of hydrogen-bond donors (Lipinski definition) is 1. The molecule has 3 heteroatoms. The van der Waals surface area contributed by atoms with E-state index in [9.17, 15) is 4.79 Å². The molecular formula is C15H18N2O. The Labute approximate surface area is 107 Å². The zero-order valence-electron chi connectivity index (χ0n) is 11.0. The van der Waals surface area contributed by atoms with Crippen LogP contribution in [0.3, 0.4) is 0 Å². The molecule has 0 aliphatic rings. The smallest absolute Gasteiger partial charge is 0.259 e. The van der Waals surface area contributed by atoms with Crippen molar-refractivity contribution in [1.82, 2.24) is 4.57 Å². The van der Waals surface area contributed by atoms with E-state index in [-0.39, 0.29) is 12.1 Å². The maximum absolute atomic E-state index is 12.3. The first kappa shape index (κ1) is 12.6. The molecule has 0 spiro atoms. The normalized spacial score (nSPS) is 10.7. The summed E-state index contributed by atoms with van der Waals surface area (Å²) in [4.78, 5) is 12.3. The van der Waals surface area contributed by atoms with E-state index in [2.05, 4.69) is 6.92 Å². The van der Waals surface area contributed by atoms with Gasteiger partial charge in [0.25, 0.3) is 5.56 Å². The van der Waals surface area contributed by atoms with Crippen LogP contribution in [0.4, 0.5) is 0 Å². The highest BCUT2D eigenvalue weighted by molar-refractivity contribution is 5.41. The molecule has 1 aromatic heterocycles. The van der Waals surface area contributed by atoms with E-state index in [0.29, 0.717) is 5.56 Å². The molecule has 94 valence electrons. The van der Waals surface area contributed by atoms with Crippen LogP contribution >= 0.6 is 0 Å². The molecule has 1 aromatic carbocycles. The summed E-state index contributed by atoms with van der Waals surface area (Å²) in [5.41, 5.74) is 10.4. The number of nitrogens with two attached hydrogens (primary N) is 1. The third-order valence-corrected chi connectivity index (χ3v) is 3.32. The van der Waals surface area contributed by atoms with Crippen LogP contribution < -0.4 is 11.3 Å². The van der Waals surface area contributed by atoms with Gasteiger partial charge in [-0.25, -0.2) is 0 Å². The van der Waals surface area contributed by atoms with Crippen LogP contribution in [0.25, 0.3) is 5.69 Å². The molecule has 0 aliphatic carbocycles. The van der Waals surface area contributed by atoms with Gasteiger partial charge in [0.05, 0.1) is 0 Å². The molecule has 2 N–H and O–H groups in total. The Morgan fingerprint density at radius 2 is 1.78 bits per heavy atom. The SMILES string of the molecule is Cc1ccc(-n2c(C)ccc(CN)c2=O)cc1C. The van der Waals surface area contributed by atoms with Gasteiger partial charge in [-0.1, -0.05) is 12.1 Å². The summed E-state index contributed by atoms with van der Waals surface area (Å²) in [5.74, 6) is 0. The number of aryl methyl sites for hydroxylation is 3. The summed E-state index contributed by atoms with van der Waals surface area (Å²) in [6, 6.07) is 9.76. The fourth-order valence-electron chi connectivity index (χ4n) is 2.01. The van der Waals surface area contributed by atoms with Gasteiger partial charge >= 0.3 is 0 Å². The van der Waals surface area contributed by atoms with E-state index in [4.69, 9.17) is 5.73 Å². The fourth-order valence-corrected chi connectivity index (χ4v) is 2.01. The van der Waals surface area contributed by atoms with Gasteiger partial charge in [0.15, 0.2) is 0 Å². The highest BCUT2D eigenvalue weighted by Crippen LogP contribution is 2.14. The Balaban J connectivity index is 2.70. The van der Waals surface area contributed by atoms with Gasteiger partial charge in [-0.2, -0.15) is 0 Å². The van der Waals surface area contributed by atoms with Crippen LogP contribution in [-0.2, 0) is 6.54 Å². The van der Waals surface area contributed by atoms with Crippen molar-refractivity contribution < 1.29 is 0 Å². The molecule has 1 heterocycles. The number of benzene rings is 1. The quantitative estimate of drug-likeness (QED) is 0.877. The Bertz CT molecular complexity index is 641. The number of rotatable bonds is 2. The predicted molar refractivity (Wildman–Crippen MR) is 74.1 cm³/mol. The van der Waals surface area contributed by atoms with Gasteiger partial charge in [-0.05, 0) is 50.1 Å². The van der Waals surface area contributed by atoms with E-state index in [1.807, 2.05) is 38.1 Å². The minimum atomic E-state index is -0.0271. The molecule has 0 atom stereocenters. The van der Waals surface area contributed by atoms with E-state index < -0.39 is 0 Å². The lowest BCUT2D eigenvalue weighted by molar-refractivity contribution is 0.887. The number of hydrogen-bond acceptors (Lipinski definition) is 2. The number of nitrogens with zero attached hydrogens (tertiary/aromatic N) is 1. The van der Waals surface area contributed by atoms with Crippen molar-refractivity contribution in [3.05, 3.63) is 63.1 Å². The highest BCUT2D eigenvalue weighted by atomic mass is 16.1. The average Bonchev–Trinajstić information content (AvgIpc) is 2.34. The van der Waals surface area contributed by atoms with Crippen molar-refractivity contribution in [2.75, 3.05) is 0 Å². The van der Waals surface area contributed by atoms with Gasteiger partial charge in [-0.3, -0.25) is 9.36 Å². The molecule has 0 saturated carbocycles. The molecule has 0 unspecified atom stereocenters. The van der Waals surface area contributed by atoms with Crippen LogP contribution in [0.2, 0.25) is 0 Å². The zero-order chi connectivity index (χ0) is 13.3. The standard InChI is InChI=1S/C15H18N2O/c1-10-4-7-14(8-11(10)2)17-12(3)5-6-13(9-16)15(17)18/h4-8H,9,16H2,1-3H3. The van der Waals surface area contributed by atoms with Crippen molar-refractivity contribution in [2.24, 2.45) is 5.73 Å². The van der Waals surface area contributed by atoms with Crippen molar-refractivity contribution in [2.45, 2.75) is 27.3 Å². The van der Waals surface area contributed by atoms with Crippen molar-refractivity contribution >= 4 is 0 Å². The maximum atomic E-state index is 12.3. The van der Waals surface area contributed by atoms with Gasteiger partial charge in [-0.15, -0.1) is 0 Å². The summed E-state index contributed by atoms with van der Waals surface area (Å²) in [7, 11) is 0. The molecule has 3 nitrogen and oxygen atoms in total. The van der Waals surface area contributed by atoms with E-state index >= 15 is 0 Å². The highest BCUT2D eigenvalue weighted by Gasteiger charge is 2.07. The Kier molecular flexibility index (Phi) is 3.34. The minimum absolute atomic E-state index is 0.0271. The van der Waals surface area contributed by atoms with E-state index in [0.717, 1.165) is 11.4 Å². The van der Waals surface area contributed by atoms with Gasteiger partial charge in [0, 0.05) is 23.5 Å². The molecule has 0 bridgehead atoms. The Morgan fingerprint density at radius 3 is 2.39 bits per heavy atom. The van der Waals surface area contributed by atoms with Crippen molar-refractivity contribution in [3.8, 4) is 5.69 Å². The summed E-state index contributed by atoms with van der Waals surface area (Å²) < 4.78 is 1.72. The van der Waals surface area contributed by atoms with Gasteiger partial charge in [0.2, 0.25) is 0 Å². The zero-order valence-corrected chi connectivity index (χ0v) is 11.0. The molecule has 0 radical (unpaired) electrons. The topological polar surface area (TPSA) is 48.0 Å². The molecule has 0 aliphatic heterocycles. The molecule has 2 rings (SSSR count). The maximum Gasteiger partial charge on any atom is 0.259 e. The van der Waals surface area contributed by atoms with Crippen molar-refractivity contribution in [1.29, 1.82) is 0 Å². The first-order valence-corrected chi connectivity index (χ1v) is 6.04. The van der Waals surface area contributed by atoms with E-state index in [1.165, 1.54) is 11.1 Å². The minimum Gasteiger partial charge on any atom is -0.326 e. The lowest BCUT2D eigenvalue weighted by Crippen LogP contribution is -2.25. The molecule has 18 heavy (non-hydrogen) atoms. The largest absolute Gasteiger partial charge is 0.326 e. The van der Waals surface area contributed by atoms with Gasteiger partial charge < -0.3 is 5.73 Å². The second-order valence-electron chi connectivity index (χ2n) is 4.61. The fraction of sp³-hybridized carbons (Fsp3) is 0.267. The van der Waals surface area contributed by atoms with Gasteiger partial charge in [0.1, 0.15) is 0 Å². The third kappa shape index (κ3) is 2.09. The third-order valence-electron chi connectivity index (χ3n) is 3.32.